The van der Waals surface area contributed by atoms with Crippen molar-refractivity contribution in [1.82, 2.24) is 9.88 Å². The molecule has 0 amide bonds. The Bertz CT molecular complexity index is 1420. The van der Waals surface area contributed by atoms with Gasteiger partial charge in [0, 0.05) is 83.0 Å². The second-order valence-corrected chi connectivity index (χ2v) is 11.6. The summed E-state index contributed by atoms with van der Waals surface area (Å²) in [7, 11) is 0. The molecule has 3 heterocycles. The number of fused-ring (bicyclic) bond motifs is 6. The number of nitrogens with one attached hydrogen (secondary N) is 1. The van der Waals surface area contributed by atoms with Gasteiger partial charge in [0.25, 0.3) is 0 Å². The van der Waals surface area contributed by atoms with Crippen LogP contribution in [0, 0.1) is 12.3 Å². The maximum Gasteiger partial charge on any atom is 0.195 e. The summed E-state index contributed by atoms with van der Waals surface area (Å²) in [6, 6.07) is 11.1. The number of terminal acetylenes is 1. The summed E-state index contributed by atoms with van der Waals surface area (Å²) in [5.74, 6) is 2.82. The third-order valence-corrected chi connectivity index (χ3v) is 9.75. The van der Waals surface area contributed by atoms with Crippen molar-refractivity contribution in [2.75, 3.05) is 44.3 Å². The fourth-order valence-corrected chi connectivity index (χ4v) is 7.45. The molecule has 0 bridgehead atoms. The van der Waals surface area contributed by atoms with E-state index in [4.69, 9.17) is 11.2 Å². The maximum absolute atomic E-state index is 14.0. The molecule has 6 heteroatoms. The van der Waals surface area contributed by atoms with Gasteiger partial charge in [0.2, 0.25) is 0 Å². The first kappa shape index (κ1) is 22.6. The van der Waals surface area contributed by atoms with Crippen molar-refractivity contribution < 1.29 is 9.53 Å². The number of nitrogens with zero attached hydrogens (tertiary/aromatic N) is 2. The van der Waals surface area contributed by atoms with Crippen LogP contribution < -0.4 is 4.90 Å². The van der Waals surface area contributed by atoms with Crippen molar-refractivity contribution >= 4 is 38.3 Å². The van der Waals surface area contributed by atoms with Crippen molar-refractivity contribution in [3.8, 4) is 12.3 Å². The highest BCUT2D eigenvalue weighted by Gasteiger charge is 2.47. The molecule has 2 aliphatic heterocycles. The molecule has 2 aliphatic carbocycles. The number of H-pyrrole nitrogens is 1. The van der Waals surface area contributed by atoms with E-state index >= 15 is 0 Å². The summed E-state index contributed by atoms with van der Waals surface area (Å²) >= 11 is 3.86. The maximum atomic E-state index is 14.0. The van der Waals surface area contributed by atoms with Gasteiger partial charge in [-0.25, -0.2) is 0 Å². The van der Waals surface area contributed by atoms with Crippen LogP contribution >= 0.6 is 15.9 Å². The van der Waals surface area contributed by atoms with E-state index in [1.54, 1.807) is 0 Å². The van der Waals surface area contributed by atoms with Crippen LogP contribution in [0.3, 0.4) is 0 Å². The average Bonchev–Trinajstić information content (AvgIpc) is 3.27. The number of aromatic amines is 1. The molecule has 4 aliphatic rings. The molecule has 36 heavy (non-hydrogen) atoms. The molecular weight excluding hydrogens is 514 g/mol. The van der Waals surface area contributed by atoms with Gasteiger partial charge >= 0.3 is 0 Å². The highest BCUT2D eigenvalue weighted by atomic mass is 79.9. The Morgan fingerprint density at radius 2 is 1.86 bits per heavy atom. The highest BCUT2D eigenvalue weighted by molar-refractivity contribution is 9.10. The van der Waals surface area contributed by atoms with E-state index in [0.29, 0.717) is 13.2 Å². The average molecular weight is 544 g/mol. The van der Waals surface area contributed by atoms with Gasteiger partial charge in [0.15, 0.2) is 5.78 Å². The summed E-state index contributed by atoms with van der Waals surface area (Å²) in [5.41, 5.74) is 6.49. The van der Waals surface area contributed by atoms with Crippen molar-refractivity contribution in [3.63, 3.8) is 0 Å². The third-order valence-electron chi connectivity index (χ3n) is 9.11. The molecule has 3 fully saturated rings. The molecule has 0 radical (unpaired) electrons. The fraction of sp³-hybridized carbons (Fsp3) is 0.433. The van der Waals surface area contributed by atoms with Crippen LogP contribution in [-0.4, -0.2) is 61.1 Å². The first-order valence-electron chi connectivity index (χ1n) is 13.2. The first-order chi connectivity index (χ1) is 17.6. The molecule has 5 nitrogen and oxygen atoms in total. The largest absolute Gasteiger partial charge is 0.381 e. The lowest BCUT2D eigenvalue weighted by Crippen LogP contribution is -2.52. The molecule has 7 rings (SSSR count). The van der Waals surface area contributed by atoms with Gasteiger partial charge in [0.05, 0.1) is 11.3 Å². The van der Waals surface area contributed by atoms with Gasteiger partial charge in [-0.15, -0.1) is 6.42 Å². The van der Waals surface area contributed by atoms with Crippen LogP contribution in [0.2, 0.25) is 0 Å². The van der Waals surface area contributed by atoms with Gasteiger partial charge in [-0.2, -0.15) is 0 Å². The Morgan fingerprint density at radius 3 is 2.56 bits per heavy atom. The minimum Gasteiger partial charge on any atom is -0.381 e. The molecular formula is C30H30BrN3O2. The normalized spacial score (nSPS) is 21.8. The monoisotopic (exact) mass is 543 g/mol. The molecule has 0 atom stereocenters. The smallest absolute Gasteiger partial charge is 0.195 e. The van der Waals surface area contributed by atoms with Crippen LogP contribution in [-0.2, 0) is 10.2 Å². The molecule has 1 N–H and O–H groups in total. The molecule has 2 aromatic carbocycles. The minimum absolute atomic E-state index is 0.0962. The summed E-state index contributed by atoms with van der Waals surface area (Å²) in [4.78, 5) is 22.9. The zero-order chi connectivity index (χ0) is 24.4. The Balaban J connectivity index is 1.34. The molecule has 0 unspecified atom stereocenters. The molecule has 1 aromatic heterocycles. The SMILES string of the molecule is C#Cc1ccc2c3c([nH]c2c1)C1(CCOCC1)c1cc(N2CCN(C4CCC4)CC2)c(Br)cc1C3=O. The third kappa shape index (κ3) is 3.26. The van der Waals surface area contributed by atoms with Crippen LogP contribution in [0.5, 0.6) is 0 Å². The number of carbonyl (C=O) groups excluding carboxylic acids is 1. The van der Waals surface area contributed by atoms with Crippen molar-refractivity contribution in [2.24, 2.45) is 0 Å². The lowest BCUT2D eigenvalue weighted by molar-refractivity contribution is 0.0602. The van der Waals surface area contributed by atoms with Gasteiger partial charge in [-0.1, -0.05) is 18.4 Å². The van der Waals surface area contributed by atoms with Crippen molar-refractivity contribution in [1.29, 1.82) is 0 Å². The van der Waals surface area contributed by atoms with E-state index in [9.17, 15) is 4.79 Å². The van der Waals surface area contributed by atoms with E-state index < -0.39 is 0 Å². The molecule has 1 saturated carbocycles. The number of halogens is 1. The lowest BCUT2D eigenvalue weighted by atomic mass is 9.64. The number of benzene rings is 2. The number of hydrogen-bond donors (Lipinski definition) is 1. The summed E-state index contributed by atoms with van der Waals surface area (Å²) in [5, 5.41) is 0.956. The Hall–Kier alpha value is -2.59. The molecule has 1 spiro atoms. The second-order valence-electron chi connectivity index (χ2n) is 10.8. The van der Waals surface area contributed by atoms with Crippen LogP contribution in [0.1, 0.15) is 64.8 Å². The number of piperazine rings is 1. The lowest BCUT2D eigenvalue weighted by Gasteiger charge is -2.45. The number of anilines is 1. The Kier molecular flexibility index (Phi) is 5.32. The zero-order valence-electron chi connectivity index (χ0n) is 20.4. The van der Waals surface area contributed by atoms with E-state index in [1.165, 1.54) is 24.9 Å². The number of hydrogen-bond acceptors (Lipinski definition) is 4. The summed E-state index contributed by atoms with van der Waals surface area (Å²) in [6.07, 6.45) is 11.5. The first-order valence-corrected chi connectivity index (χ1v) is 14.0. The van der Waals surface area contributed by atoms with Crippen LogP contribution in [0.15, 0.2) is 34.8 Å². The van der Waals surface area contributed by atoms with Gasteiger partial charge in [-0.3, -0.25) is 9.69 Å². The number of ketones is 1. The van der Waals surface area contributed by atoms with Crippen LogP contribution in [0.25, 0.3) is 10.9 Å². The molecule has 184 valence electrons. The predicted molar refractivity (Wildman–Crippen MR) is 146 cm³/mol. The standard InChI is InChI=1S/C30H30BrN3O2/c1-2-19-6-7-21-25(16-19)32-29-27(21)28(35)22-17-24(31)26(18-23(22)30(29)8-14-36-15-9-30)34-12-10-33(11-13-34)20-4-3-5-20/h1,6-7,16-18,20,32H,3-5,8-15H2. The van der Waals surface area contributed by atoms with Crippen molar-refractivity contribution in [2.45, 2.75) is 43.6 Å². The number of aromatic nitrogens is 1. The van der Waals surface area contributed by atoms with E-state index in [2.05, 4.69) is 48.8 Å². The molecule has 2 saturated heterocycles. The molecule has 3 aromatic rings. The van der Waals surface area contributed by atoms with E-state index in [1.807, 2.05) is 18.2 Å². The predicted octanol–water partition coefficient (Wildman–Crippen LogP) is 5.23. The number of carbonyl (C=O) groups is 1. The Morgan fingerprint density at radius 1 is 1.08 bits per heavy atom. The van der Waals surface area contributed by atoms with Crippen molar-refractivity contribution in [3.05, 3.63) is 62.8 Å². The topological polar surface area (TPSA) is 48.6 Å². The van der Waals surface area contributed by atoms with Gasteiger partial charge in [0.1, 0.15) is 0 Å². The summed E-state index contributed by atoms with van der Waals surface area (Å²) in [6.45, 7) is 5.62. The van der Waals surface area contributed by atoms with E-state index in [0.717, 1.165) is 88.4 Å². The number of ether oxygens (including phenoxy) is 1. The van der Waals surface area contributed by atoms with Crippen LogP contribution in [0.4, 0.5) is 5.69 Å². The summed E-state index contributed by atoms with van der Waals surface area (Å²) < 4.78 is 6.84. The minimum atomic E-state index is -0.268. The second kappa shape index (κ2) is 8.48. The van der Waals surface area contributed by atoms with E-state index in [-0.39, 0.29) is 11.2 Å². The fourth-order valence-electron chi connectivity index (χ4n) is 6.86. The highest BCUT2D eigenvalue weighted by Crippen LogP contribution is 2.51. The number of rotatable bonds is 2. The quantitative estimate of drug-likeness (QED) is 0.450. The van der Waals surface area contributed by atoms with Gasteiger partial charge in [-0.05, 0) is 71.4 Å². The zero-order valence-corrected chi connectivity index (χ0v) is 22.0. The Labute approximate surface area is 220 Å². The van der Waals surface area contributed by atoms with Gasteiger partial charge < -0.3 is 14.6 Å².